The van der Waals surface area contributed by atoms with E-state index in [1.165, 1.54) is 6.07 Å². The van der Waals surface area contributed by atoms with E-state index in [0.717, 1.165) is 58.6 Å². The quantitative estimate of drug-likeness (QED) is 0.556. The molecule has 4 aromatic rings. The lowest BCUT2D eigenvalue weighted by Crippen LogP contribution is -2.17. The van der Waals surface area contributed by atoms with E-state index in [9.17, 15) is 4.39 Å². The second-order valence-electron chi connectivity index (χ2n) is 7.33. The van der Waals surface area contributed by atoms with Crippen molar-refractivity contribution in [3.8, 4) is 17.5 Å². The number of rotatable bonds is 2. The smallest absolute Gasteiger partial charge is 0.141 e. The molecule has 1 aromatic carbocycles. The number of H-pyrrole nitrogens is 1. The van der Waals surface area contributed by atoms with Crippen molar-refractivity contribution in [3.63, 3.8) is 0 Å². The van der Waals surface area contributed by atoms with Gasteiger partial charge in [0.05, 0.1) is 17.4 Å². The van der Waals surface area contributed by atoms with Crippen molar-refractivity contribution in [2.45, 2.75) is 32.2 Å². The Balaban J connectivity index is 1.58. The number of benzene rings is 1. The zero-order chi connectivity index (χ0) is 19.3. The molecule has 6 heteroatoms. The molecule has 0 saturated heterocycles. The van der Waals surface area contributed by atoms with Gasteiger partial charge in [-0.1, -0.05) is 6.07 Å². The van der Waals surface area contributed by atoms with Gasteiger partial charge in [-0.2, -0.15) is 5.26 Å². The number of hydrogen-bond donors (Lipinski definition) is 1. The van der Waals surface area contributed by atoms with Gasteiger partial charge in [0.25, 0.3) is 0 Å². The highest BCUT2D eigenvalue weighted by atomic mass is 19.1. The fourth-order valence-corrected chi connectivity index (χ4v) is 4.17. The molecule has 0 amide bonds. The number of aromatic amines is 1. The molecule has 1 N–H and O–H groups in total. The number of fused-ring (bicyclic) bond motifs is 2. The van der Waals surface area contributed by atoms with Crippen LogP contribution in [-0.2, 0) is 6.54 Å². The maximum absolute atomic E-state index is 13.5. The van der Waals surface area contributed by atoms with Crippen LogP contribution in [0, 0.1) is 24.1 Å². The van der Waals surface area contributed by atoms with E-state index in [2.05, 4.69) is 26.8 Å². The second kappa shape index (κ2) is 6.31. The van der Waals surface area contributed by atoms with Gasteiger partial charge in [-0.3, -0.25) is 0 Å². The van der Waals surface area contributed by atoms with Crippen LogP contribution in [0.15, 0.2) is 42.7 Å². The molecular formula is C22H18FN5. The van der Waals surface area contributed by atoms with Gasteiger partial charge in [0.15, 0.2) is 0 Å². The van der Waals surface area contributed by atoms with Crippen LogP contribution >= 0.6 is 0 Å². The monoisotopic (exact) mass is 371 g/mol. The first-order valence-corrected chi connectivity index (χ1v) is 9.35. The van der Waals surface area contributed by atoms with Crippen molar-refractivity contribution in [1.82, 2.24) is 19.5 Å². The van der Waals surface area contributed by atoms with Gasteiger partial charge >= 0.3 is 0 Å². The maximum atomic E-state index is 13.5. The van der Waals surface area contributed by atoms with Crippen LogP contribution in [0.3, 0.4) is 0 Å². The summed E-state index contributed by atoms with van der Waals surface area (Å²) in [6.07, 6.45) is 5.82. The van der Waals surface area contributed by atoms with Crippen LogP contribution in [0.25, 0.3) is 22.3 Å². The maximum Gasteiger partial charge on any atom is 0.141 e. The Hall–Kier alpha value is -3.46. The summed E-state index contributed by atoms with van der Waals surface area (Å²) in [7, 11) is 0. The van der Waals surface area contributed by atoms with E-state index in [0.29, 0.717) is 5.69 Å². The van der Waals surface area contributed by atoms with Gasteiger partial charge in [0.1, 0.15) is 29.1 Å². The predicted molar refractivity (Wildman–Crippen MR) is 104 cm³/mol. The molecular weight excluding hydrogens is 353 g/mol. The molecule has 1 unspecified atom stereocenters. The third-order valence-corrected chi connectivity index (χ3v) is 5.51. The minimum absolute atomic E-state index is 0.166. The summed E-state index contributed by atoms with van der Waals surface area (Å²) in [6.45, 7) is 2.89. The van der Waals surface area contributed by atoms with Gasteiger partial charge in [0, 0.05) is 24.0 Å². The summed E-state index contributed by atoms with van der Waals surface area (Å²) in [5.74, 6) is 0.981. The summed E-state index contributed by atoms with van der Waals surface area (Å²) in [6, 6.07) is 10.9. The van der Waals surface area contributed by atoms with Crippen LogP contribution < -0.4 is 0 Å². The van der Waals surface area contributed by atoms with Gasteiger partial charge in [0.2, 0.25) is 0 Å². The summed E-state index contributed by atoms with van der Waals surface area (Å²) in [5.41, 5.74) is 5.16. The van der Waals surface area contributed by atoms with Gasteiger partial charge in [-0.15, -0.1) is 0 Å². The molecule has 1 atom stereocenters. The van der Waals surface area contributed by atoms with Crippen LogP contribution in [0.1, 0.15) is 41.4 Å². The Morgan fingerprint density at radius 2 is 2.18 bits per heavy atom. The van der Waals surface area contributed by atoms with E-state index in [1.807, 2.05) is 19.1 Å². The van der Waals surface area contributed by atoms with Crippen LogP contribution in [0.5, 0.6) is 0 Å². The summed E-state index contributed by atoms with van der Waals surface area (Å²) in [4.78, 5) is 12.4. The topological polar surface area (TPSA) is 70.3 Å². The first-order valence-electron chi connectivity index (χ1n) is 9.35. The van der Waals surface area contributed by atoms with E-state index in [-0.39, 0.29) is 11.7 Å². The third kappa shape index (κ3) is 2.67. The molecule has 1 aliphatic heterocycles. The third-order valence-electron chi connectivity index (χ3n) is 5.51. The van der Waals surface area contributed by atoms with Crippen molar-refractivity contribution in [1.29, 1.82) is 5.26 Å². The van der Waals surface area contributed by atoms with Crippen LogP contribution in [0.2, 0.25) is 0 Å². The molecule has 0 bridgehead atoms. The number of imidazole rings is 1. The Morgan fingerprint density at radius 3 is 3.00 bits per heavy atom. The fourth-order valence-electron chi connectivity index (χ4n) is 4.17. The molecule has 0 saturated carbocycles. The molecule has 5 rings (SSSR count). The molecule has 138 valence electrons. The number of aromatic nitrogens is 4. The zero-order valence-corrected chi connectivity index (χ0v) is 15.4. The first kappa shape index (κ1) is 16.7. The average molecular weight is 371 g/mol. The van der Waals surface area contributed by atoms with Crippen LogP contribution in [-0.4, -0.2) is 19.5 Å². The molecule has 0 radical (unpaired) electrons. The Kier molecular flexibility index (Phi) is 3.76. The standard InChI is InChI=1S/C22H18FN5/c1-13-7-15(23)4-5-17(13)18-3-2-6-28-12-21(27-22(18)28)19-9-14-8-16(10-24)25-11-20(14)26-19/h4-5,7-9,11-12,18,26H,2-3,6H2,1H3. The molecule has 0 fully saturated rings. The highest BCUT2D eigenvalue weighted by molar-refractivity contribution is 5.85. The average Bonchev–Trinajstić information content (AvgIpc) is 3.31. The Morgan fingerprint density at radius 1 is 1.29 bits per heavy atom. The summed E-state index contributed by atoms with van der Waals surface area (Å²) in [5, 5.41) is 9.99. The molecule has 0 spiro atoms. The minimum Gasteiger partial charge on any atom is -0.352 e. The first-order chi connectivity index (χ1) is 13.6. The van der Waals surface area contributed by atoms with Gasteiger partial charge in [-0.05, 0) is 55.2 Å². The molecule has 1 aliphatic rings. The number of nitrogens with one attached hydrogen (secondary N) is 1. The molecule has 4 heterocycles. The fraction of sp³-hybridized carbons (Fsp3) is 0.227. The van der Waals surface area contributed by atoms with Crippen molar-refractivity contribution in [2.75, 3.05) is 0 Å². The highest BCUT2D eigenvalue weighted by Gasteiger charge is 2.26. The molecule has 0 aliphatic carbocycles. The van der Waals surface area contributed by atoms with Crippen molar-refractivity contribution in [3.05, 3.63) is 71.2 Å². The number of halogens is 1. The summed E-state index contributed by atoms with van der Waals surface area (Å²) < 4.78 is 15.7. The van der Waals surface area contributed by atoms with Crippen molar-refractivity contribution < 1.29 is 4.39 Å². The van der Waals surface area contributed by atoms with Gasteiger partial charge in [-0.25, -0.2) is 14.4 Å². The molecule has 5 nitrogen and oxygen atoms in total. The van der Waals surface area contributed by atoms with Crippen LogP contribution in [0.4, 0.5) is 4.39 Å². The number of nitriles is 1. The lowest BCUT2D eigenvalue weighted by molar-refractivity contribution is 0.478. The van der Waals surface area contributed by atoms with E-state index in [4.69, 9.17) is 10.2 Å². The normalized spacial score (nSPS) is 16.1. The Labute approximate surface area is 161 Å². The number of hydrogen-bond acceptors (Lipinski definition) is 3. The summed E-state index contributed by atoms with van der Waals surface area (Å²) >= 11 is 0. The van der Waals surface area contributed by atoms with E-state index >= 15 is 0 Å². The lowest BCUT2D eigenvalue weighted by atomic mass is 9.88. The minimum atomic E-state index is -0.204. The predicted octanol–water partition coefficient (Wildman–Crippen LogP) is 4.67. The largest absolute Gasteiger partial charge is 0.352 e. The second-order valence-corrected chi connectivity index (χ2v) is 7.33. The van der Waals surface area contributed by atoms with E-state index in [1.54, 1.807) is 18.3 Å². The molecule has 28 heavy (non-hydrogen) atoms. The number of pyridine rings is 1. The van der Waals surface area contributed by atoms with E-state index < -0.39 is 0 Å². The highest BCUT2D eigenvalue weighted by Crippen LogP contribution is 2.36. The van der Waals surface area contributed by atoms with Crippen molar-refractivity contribution in [2.24, 2.45) is 0 Å². The lowest BCUT2D eigenvalue weighted by Gasteiger charge is -2.25. The number of nitrogens with zero attached hydrogens (tertiary/aromatic N) is 4. The van der Waals surface area contributed by atoms with Crippen molar-refractivity contribution >= 4 is 10.9 Å². The Bertz CT molecular complexity index is 1240. The SMILES string of the molecule is Cc1cc(F)ccc1C1CCCn2cc(-c3cc4cc(C#N)ncc4[nH]3)nc21. The number of aryl methyl sites for hydroxylation is 2. The molecule has 3 aromatic heterocycles. The van der Waals surface area contributed by atoms with Gasteiger partial charge < -0.3 is 9.55 Å². The zero-order valence-electron chi connectivity index (χ0n) is 15.4.